The zero-order chi connectivity index (χ0) is 24.9. The fourth-order valence-electron chi connectivity index (χ4n) is 2.92. The smallest absolute Gasteiger partial charge is 0.418 e. The van der Waals surface area contributed by atoms with E-state index in [0.29, 0.717) is 6.07 Å². The molecule has 0 spiro atoms. The van der Waals surface area contributed by atoms with E-state index in [1.807, 2.05) is 0 Å². The van der Waals surface area contributed by atoms with Crippen LogP contribution >= 0.6 is 0 Å². The molecule has 0 fully saturated rings. The van der Waals surface area contributed by atoms with Crippen LogP contribution in [0, 0.1) is 17.6 Å². The van der Waals surface area contributed by atoms with E-state index >= 15 is 0 Å². The summed E-state index contributed by atoms with van der Waals surface area (Å²) in [5.74, 6) is -3.72. The van der Waals surface area contributed by atoms with E-state index in [2.05, 4.69) is 15.3 Å². The van der Waals surface area contributed by atoms with Crippen molar-refractivity contribution >= 4 is 11.6 Å². The van der Waals surface area contributed by atoms with Crippen LogP contribution in [-0.2, 0) is 6.18 Å². The second kappa shape index (κ2) is 10.5. The Kier molecular flexibility index (Phi) is 7.74. The van der Waals surface area contributed by atoms with Crippen molar-refractivity contribution in [1.29, 1.82) is 0 Å². The number of alkyl halides is 3. The minimum Gasteiger partial charge on any atom is -0.491 e. The minimum absolute atomic E-state index is 0.0229. The second-order valence-electron chi connectivity index (χ2n) is 7.11. The summed E-state index contributed by atoms with van der Waals surface area (Å²) in [5.41, 5.74) is 1.55. The SMILES string of the molecule is NCC(CO)COc1ccncc1NC(=O)c1ccc(C(F)(F)F)c(-c2c(F)cccc2F)n1. The topological polar surface area (TPSA) is 110 Å². The average molecular weight is 482 g/mol. The van der Waals surface area contributed by atoms with Gasteiger partial charge in [-0.15, -0.1) is 0 Å². The van der Waals surface area contributed by atoms with E-state index in [-0.39, 0.29) is 37.1 Å². The van der Waals surface area contributed by atoms with Gasteiger partial charge >= 0.3 is 6.18 Å². The molecule has 2 aromatic heterocycles. The number of hydrogen-bond donors (Lipinski definition) is 3. The Hall–Kier alpha value is -3.64. The summed E-state index contributed by atoms with van der Waals surface area (Å²) in [5, 5.41) is 11.6. The highest BCUT2D eigenvalue weighted by atomic mass is 19.4. The van der Waals surface area contributed by atoms with E-state index < -0.39 is 46.2 Å². The number of carbonyl (C=O) groups is 1. The molecule has 2 heterocycles. The van der Waals surface area contributed by atoms with Crippen molar-refractivity contribution in [1.82, 2.24) is 9.97 Å². The molecule has 1 atom stereocenters. The fourth-order valence-corrected chi connectivity index (χ4v) is 2.92. The Morgan fingerprint density at radius 2 is 1.85 bits per heavy atom. The van der Waals surface area contributed by atoms with Crippen molar-refractivity contribution in [2.75, 3.05) is 25.1 Å². The third-order valence-electron chi connectivity index (χ3n) is 4.73. The van der Waals surface area contributed by atoms with Gasteiger partial charge in [0.1, 0.15) is 28.8 Å². The van der Waals surface area contributed by atoms with Gasteiger partial charge < -0.3 is 20.9 Å². The number of anilines is 1. The third-order valence-corrected chi connectivity index (χ3v) is 4.73. The molecule has 0 bridgehead atoms. The molecule has 0 radical (unpaired) electrons. The predicted octanol–water partition coefficient (Wildman–Crippen LogP) is 3.64. The number of carbonyl (C=O) groups excluding carboxylic acids is 1. The molecular weight excluding hydrogens is 463 g/mol. The molecule has 0 saturated heterocycles. The van der Waals surface area contributed by atoms with Crippen LogP contribution in [0.2, 0.25) is 0 Å². The van der Waals surface area contributed by atoms with E-state index in [0.717, 1.165) is 24.3 Å². The Labute approximate surface area is 190 Å². The first-order valence-corrected chi connectivity index (χ1v) is 9.87. The number of rotatable bonds is 8. The van der Waals surface area contributed by atoms with Crippen LogP contribution in [0.4, 0.5) is 27.6 Å². The summed E-state index contributed by atoms with van der Waals surface area (Å²) in [7, 11) is 0. The van der Waals surface area contributed by atoms with Crippen LogP contribution < -0.4 is 15.8 Å². The largest absolute Gasteiger partial charge is 0.491 e. The number of aromatic nitrogens is 2. The van der Waals surface area contributed by atoms with E-state index in [1.165, 1.54) is 18.5 Å². The van der Waals surface area contributed by atoms with Crippen molar-refractivity contribution in [3.8, 4) is 17.0 Å². The van der Waals surface area contributed by atoms with Crippen molar-refractivity contribution in [2.24, 2.45) is 11.7 Å². The van der Waals surface area contributed by atoms with Crippen molar-refractivity contribution in [3.63, 3.8) is 0 Å². The van der Waals surface area contributed by atoms with E-state index in [1.54, 1.807) is 0 Å². The summed E-state index contributed by atoms with van der Waals surface area (Å²) in [6.45, 7) is -0.0581. The Balaban J connectivity index is 1.96. The van der Waals surface area contributed by atoms with Gasteiger partial charge in [-0.3, -0.25) is 9.78 Å². The molecule has 4 N–H and O–H groups in total. The lowest BCUT2D eigenvalue weighted by molar-refractivity contribution is -0.137. The first-order valence-electron chi connectivity index (χ1n) is 9.87. The number of nitrogens with one attached hydrogen (secondary N) is 1. The highest BCUT2D eigenvalue weighted by Gasteiger charge is 2.36. The van der Waals surface area contributed by atoms with Gasteiger partial charge in [-0.1, -0.05) is 6.07 Å². The molecular formula is C22H19F5N4O3. The van der Waals surface area contributed by atoms with Crippen LogP contribution in [0.15, 0.2) is 48.8 Å². The van der Waals surface area contributed by atoms with E-state index in [4.69, 9.17) is 10.5 Å². The number of pyridine rings is 2. The van der Waals surface area contributed by atoms with E-state index in [9.17, 15) is 31.9 Å². The number of ether oxygens (including phenoxy) is 1. The number of amides is 1. The fraction of sp³-hybridized carbons (Fsp3) is 0.227. The Morgan fingerprint density at radius 3 is 2.47 bits per heavy atom. The average Bonchev–Trinajstić information content (AvgIpc) is 2.80. The van der Waals surface area contributed by atoms with Gasteiger partial charge in [0.15, 0.2) is 0 Å². The molecule has 1 aromatic carbocycles. The lowest BCUT2D eigenvalue weighted by Crippen LogP contribution is -2.25. The number of nitrogens with two attached hydrogens (primary N) is 1. The molecule has 0 saturated carbocycles. The summed E-state index contributed by atoms with van der Waals surface area (Å²) in [4.78, 5) is 20.2. The Bertz CT molecular complexity index is 1150. The quantitative estimate of drug-likeness (QED) is 0.423. The number of halogens is 5. The third kappa shape index (κ3) is 5.64. The van der Waals surface area contributed by atoms with Gasteiger partial charge in [0.05, 0.1) is 36.2 Å². The molecule has 0 aliphatic heterocycles. The second-order valence-corrected chi connectivity index (χ2v) is 7.11. The molecule has 0 aliphatic rings. The zero-order valence-electron chi connectivity index (χ0n) is 17.4. The van der Waals surface area contributed by atoms with Crippen LogP contribution in [0.5, 0.6) is 5.75 Å². The van der Waals surface area contributed by atoms with Gasteiger partial charge in [0.25, 0.3) is 5.91 Å². The van der Waals surface area contributed by atoms with Crippen molar-refractivity contribution in [3.05, 3.63) is 71.7 Å². The minimum atomic E-state index is -4.98. The first-order chi connectivity index (χ1) is 16.2. The first kappa shape index (κ1) is 25.0. The summed E-state index contributed by atoms with van der Waals surface area (Å²) < 4.78 is 74.5. The van der Waals surface area contributed by atoms with Crippen molar-refractivity contribution in [2.45, 2.75) is 6.18 Å². The van der Waals surface area contributed by atoms with Crippen LogP contribution in [0.25, 0.3) is 11.3 Å². The molecule has 0 aliphatic carbocycles. The zero-order valence-corrected chi connectivity index (χ0v) is 17.4. The van der Waals surface area contributed by atoms with Crippen LogP contribution in [-0.4, -0.2) is 40.7 Å². The number of hydrogen-bond acceptors (Lipinski definition) is 6. The standard InChI is InChI=1S/C22H19F5N4O3/c23-14-2-1-3-15(24)19(14)20-13(22(25,26)27)4-5-16(30-20)21(33)31-17-9-29-7-6-18(17)34-11-12(8-28)10-32/h1-7,9,12,32H,8,10-11,28H2,(H,31,33). The van der Waals surface area contributed by atoms with Crippen LogP contribution in [0.3, 0.4) is 0 Å². The van der Waals surface area contributed by atoms with Gasteiger partial charge in [0.2, 0.25) is 0 Å². The normalized spacial score (nSPS) is 12.3. The molecule has 12 heteroatoms. The summed E-state index contributed by atoms with van der Waals surface area (Å²) >= 11 is 0. The van der Waals surface area contributed by atoms with Crippen LogP contribution in [0.1, 0.15) is 16.1 Å². The molecule has 1 unspecified atom stereocenters. The number of aliphatic hydroxyl groups excluding tert-OH is 1. The summed E-state index contributed by atoms with van der Waals surface area (Å²) in [6, 6.07) is 5.29. The molecule has 34 heavy (non-hydrogen) atoms. The van der Waals surface area contributed by atoms with Gasteiger partial charge in [-0.2, -0.15) is 13.2 Å². The maximum atomic E-state index is 14.2. The lowest BCUT2D eigenvalue weighted by atomic mass is 10.0. The maximum absolute atomic E-state index is 14.2. The van der Waals surface area contributed by atoms with Gasteiger partial charge in [-0.05, 0) is 24.3 Å². The molecule has 7 nitrogen and oxygen atoms in total. The highest BCUT2D eigenvalue weighted by molar-refractivity contribution is 6.04. The number of aliphatic hydroxyl groups is 1. The number of nitrogens with zero attached hydrogens (tertiary/aromatic N) is 2. The van der Waals surface area contributed by atoms with Gasteiger partial charge in [-0.25, -0.2) is 13.8 Å². The molecule has 3 rings (SSSR count). The Morgan fingerprint density at radius 1 is 1.15 bits per heavy atom. The maximum Gasteiger partial charge on any atom is 0.418 e. The van der Waals surface area contributed by atoms with Crippen molar-refractivity contribution < 1.29 is 36.6 Å². The molecule has 3 aromatic rings. The monoisotopic (exact) mass is 482 g/mol. The predicted molar refractivity (Wildman–Crippen MR) is 112 cm³/mol. The summed E-state index contributed by atoms with van der Waals surface area (Å²) in [6.07, 6.45) is -2.38. The highest BCUT2D eigenvalue weighted by Crippen LogP contribution is 2.38. The number of benzene rings is 1. The molecule has 180 valence electrons. The molecule has 1 amide bonds. The van der Waals surface area contributed by atoms with Gasteiger partial charge in [0, 0.05) is 24.7 Å². The lowest BCUT2D eigenvalue weighted by Gasteiger charge is -2.16.